The highest BCUT2D eigenvalue weighted by molar-refractivity contribution is 9.10. The number of anilines is 1. The minimum atomic E-state index is -0.434. The van der Waals surface area contributed by atoms with Crippen molar-refractivity contribution < 1.29 is 0 Å². The maximum atomic E-state index is 11.7. The van der Waals surface area contributed by atoms with Crippen molar-refractivity contribution in [3.63, 3.8) is 0 Å². The quantitative estimate of drug-likeness (QED) is 0.924. The van der Waals surface area contributed by atoms with Crippen LogP contribution in [0, 0.1) is 16.7 Å². The number of nitriles is 1. The first-order valence-corrected chi connectivity index (χ1v) is 5.72. The predicted molar refractivity (Wildman–Crippen MR) is 66.8 cm³/mol. The molecule has 4 nitrogen and oxygen atoms in total. The number of pyridine rings is 1. The lowest BCUT2D eigenvalue weighted by Crippen LogP contribution is -2.23. The average molecular weight is 284 g/mol. The third-order valence-electron chi connectivity index (χ3n) is 2.34. The fourth-order valence-electron chi connectivity index (χ4n) is 1.24. The Kier molecular flexibility index (Phi) is 3.76. The van der Waals surface area contributed by atoms with E-state index in [2.05, 4.69) is 22.0 Å². The van der Waals surface area contributed by atoms with E-state index in [4.69, 9.17) is 11.0 Å². The van der Waals surface area contributed by atoms with Gasteiger partial charge in [-0.15, -0.1) is 0 Å². The standard InChI is InChI=1S/C11H14BrN3O/c1-11(2,7-13)3-4-15-6-8(14)5-9(12)10(15)16/h5-6H,3-4,14H2,1-2H3. The third kappa shape index (κ3) is 3.11. The van der Waals surface area contributed by atoms with Crippen molar-refractivity contribution in [2.75, 3.05) is 5.73 Å². The Morgan fingerprint density at radius 3 is 2.81 bits per heavy atom. The topological polar surface area (TPSA) is 71.8 Å². The van der Waals surface area contributed by atoms with Crippen LogP contribution < -0.4 is 11.3 Å². The average Bonchev–Trinajstić information content (AvgIpc) is 2.21. The second-order valence-electron chi connectivity index (χ2n) is 4.37. The number of rotatable bonds is 3. The zero-order chi connectivity index (χ0) is 12.3. The summed E-state index contributed by atoms with van der Waals surface area (Å²) in [7, 11) is 0. The SMILES string of the molecule is CC(C)(C#N)CCn1cc(N)cc(Br)c1=O. The fourth-order valence-corrected chi connectivity index (χ4v) is 1.74. The molecular formula is C11H14BrN3O. The van der Waals surface area contributed by atoms with Gasteiger partial charge in [0.25, 0.3) is 5.56 Å². The van der Waals surface area contributed by atoms with E-state index in [0.29, 0.717) is 23.1 Å². The van der Waals surface area contributed by atoms with Crippen molar-refractivity contribution in [3.05, 3.63) is 27.1 Å². The minimum Gasteiger partial charge on any atom is -0.398 e. The van der Waals surface area contributed by atoms with Crippen LogP contribution in [0.1, 0.15) is 20.3 Å². The predicted octanol–water partition coefficient (Wildman–Crippen LogP) is 2.13. The highest BCUT2D eigenvalue weighted by Gasteiger charge is 2.16. The minimum absolute atomic E-state index is 0.122. The third-order valence-corrected chi connectivity index (χ3v) is 2.91. The summed E-state index contributed by atoms with van der Waals surface area (Å²) in [5, 5.41) is 8.88. The molecule has 0 aromatic carbocycles. The number of aryl methyl sites for hydroxylation is 1. The van der Waals surface area contributed by atoms with Crippen LogP contribution in [0.4, 0.5) is 5.69 Å². The van der Waals surface area contributed by atoms with Gasteiger partial charge in [0.1, 0.15) is 0 Å². The summed E-state index contributed by atoms with van der Waals surface area (Å²) in [6.45, 7) is 4.18. The molecule has 0 fully saturated rings. The van der Waals surface area contributed by atoms with E-state index < -0.39 is 5.41 Å². The molecule has 16 heavy (non-hydrogen) atoms. The summed E-state index contributed by atoms with van der Waals surface area (Å²) in [6.07, 6.45) is 2.21. The number of aromatic nitrogens is 1. The molecule has 0 aliphatic heterocycles. The maximum Gasteiger partial charge on any atom is 0.264 e. The van der Waals surface area contributed by atoms with E-state index in [1.807, 2.05) is 13.8 Å². The molecule has 0 amide bonds. The molecule has 0 atom stereocenters. The smallest absolute Gasteiger partial charge is 0.264 e. The van der Waals surface area contributed by atoms with Crippen molar-refractivity contribution in [3.8, 4) is 6.07 Å². The number of nitrogens with two attached hydrogens (primary N) is 1. The van der Waals surface area contributed by atoms with Gasteiger partial charge < -0.3 is 10.3 Å². The number of nitrogen functional groups attached to an aromatic ring is 1. The molecule has 1 rings (SSSR count). The molecule has 2 N–H and O–H groups in total. The summed E-state index contributed by atoms with van der Waals surface area (Å²) >= 11 is 3.16. The van der Waals surface area contributed by atoms with Gasteiger partial charge in [0.2, 0.25) is 0 Å². The molecule has 0 aliphatic carbocycles. The second kappa shape index (κ2) is 4.71. The van der Waals surface area contributed by atoms with E-state index in [-0.39, 0.29) is 5.56 Å². The van der Waals surface area contributed by atoms with Gasteiger partial charge in [0, 0.05) is 18.4 Å². The highest BCUT2D eigenvalue weighted by atomic mass is 79.9. The van der Waals surface area contributed by atoms with Crippen LogP contribution in [-0.4, -0.2) is 4.57 Å². The Morgan fingerprint density at radius 2 is 2.25 bits per heavy atom. The second-order valence-corrected chi connectivity index (χ2v) is 5.22. The van der Waals surface area contributed by atoms with E-state index in [1.165, 1.54) is 4.57 Å². The van der Waals surface area contributed by atoms with Gasteiger partial charge in [0.15, 0.2) is 0 Å². The van der Waals surface area contributed by atoms with Crippen molar-refractivity contribution in [2.24, 2.45) is 5.41 Å². The fraction of sp³-hybridized carbons (Fsp3) is 0.455. The van der Waals surface area contributed by atoms with Gasteiger partial charge >= 0.3 is 0 Å². The molecule has 0 saturated heterocycles. The molecule has 0 saturated carbocycles. The van der Waals surface area contributed by atoms with Crippen molar-refractivity contribution in [2.45, 2.75) is 26.8 Å². The summed E-state index contributed by atoms with van der Waals surface area (Å²) in [5.74, 6) is 0. The lowest BCUT2D eigenvalue weighted by atomic mass is 9.91. The van der Waals surface area contributed by atoms with Gasteiger partial charge in [-0.1, -0.05) is 0 Å². The lowest BCUT2D eigenvalue weighted by molar-refractivity contribution is 0.409. The number of hydrogen-bond donors (Lipinski definition) is 1. The first-order chi connectivity index (χ1) is 7.35. The summed E-state index contributed by atoms with van der Waals surface area (Å²) in [5.41, 5.74) is 5.62. The molecule has 1 aromatic rings. The van der Waals surface area contributed by atoms with Crippen LogP contribution in [0.3, 0.4) is 0 Å². The van der Waals surface area contributed by atoms with Crippen molar-refractivity contribution in [1.29, 1.82) is 5.26 Å². The molecule has 0 aliphatic rings. The van der Waals surface area contributed by atoms with Crippen LogP contribution in [0.2, 0.25) is 0 Å². The van der Waals surface area contributed by atoms with Crippen LogP contribution in [0.25, 0.3) is 0 Å². The molecular weight excluding hydrogens is 270 g/mol. The number of hydrogen-bond acceptors (Lipinski definition) is 3. The maximum absolute atomic E-state index is 11.7. The summed E-state index contributed by atoms with van der Waals surface area (Å²) in [4.78, 5) is 11.7. The molecule has 1 heterocycles. The number of halogens is 1. The monoisotopic (exact) mass is 283 g/mol. The molecule has 86 valence electrons. The zero-order valence-electron chi connectivity index (χ0n) is 9.33. The zero-order valence-corrected chi connectivity index (χ0v) is 10.9. The van der Waals surface area contributed by atoms with Gasteiger partial charge in [-0.3, -0.25) is 4.79 Å². The number of nitrogens with zero attached hydrogens (tertiary/aromatic N) is 2. The Morgan fingerprint density at radius 1 is 1.62 bits per heavy atom. The van der Waals surface area contributed by atoms with Gasteiger partial charge in [-0.2, -0.15) is 5.26 Å². The van der Waals surface area contributed by atoms with E-state index in [9.17, 15) is 4.79 Å². The van der Waals surface area contributed by atoms with Crippen LogP contribution >= 0.6 is 15.9 Å². The molecule has 0 radical (unpaired) electrons. The van der Waals surface area contributed by atoms with Crippen LogP contribution in [0.5, 0.6) is 0 Å². The van der Waals surface area contributed by atoms with Gasteiger partial charge in [0.05, 0.1) is 16.0 Å². The molecule has 0 spiro atoms. The first kappa shape index (κ1) is 12.8. The summed E-state index contributed by atoms with van der Waals surface area (Å²) in [6, 6.07) is 3.78. The lowest BCUT2D eigenvalue weighted by Gasteiger charge is -2.16. The van der Waals surface area contributed by atoms with Crippen LogP contribution in [-0.2, 0) is 6.54 Å². The van der Waals surface area contributed by atoms with Crippen molar-refractivity contribution in [1.82, 2.24) is 4.57 Å². The molecule has 0 unspecified atom stereocenters. The Labute approximate surface area is 103 Å². The van der Waals surface area contributed by atoms with Gasteiger partial charge in [-0.25, -0.2) is 0 Å². The Bertz CT molecular complexity index is 485. The van der Waals surface area contributed by atoms with E-state index >= 15 is 0 Å². The molecule has 0 bridgehead atoms. The highest BCUT2D eigenvalue weighted by Crippen LogP contribution is 2.19. The summed E-state index contributed by atoms with van der Waals surface area (Å²) < 4.78 is 1.97. The van der Waals surface area contributed by atoms with E-state index in [1.54, 1.807) is 12.3 Å². The van der Waals surface area contributed by atoms with E-state index in [0.717, 1.165) is 0 Å². The largest absolute Gasteiger partial charge is 0.398 e. The Hall–Kier alpha value is -1.28. The molecule has 1 aromatic heterocycles. The normalized spacial score (nSPS) is 11.1. The van der Waals surface area contributed by atoms with Crippen molar-refractivity contribution >= 4 is 21.6 Å². The Balaban J connectivity index is 2.92. The van der Waals surface area contributed by atoms with Gasteiger partial charge in [-0.05, 0) is 42.3 Å². The molecule has 5 heteroatoms. The first-order valence-electron chi connectivity index (χ1n) is 4.92. The van der Waals surface area contributed by atoms with Crippen LogP contribution in [0.15, 0.2) is 21.5 Å².